The van der Waals surface area contributed by atoms with Gasteiger partial charge in [-0.2, -0.15) is 0 Å². The molecule has 194 valence electrons. The van der Waals surface area contributed by atoms with Gasteiger partial charge in [0.15, 0.2) is 4.80 Å². The molecule has 1 aliphatic rings. The van der Waals surface area contributed by atoms with Gasteiger partial charge >= 0.3 is 5.97 Å². The molecule has 0 bridgehead atoms. The van der Waals surface area contributed by atoms with Crippen LogP contribution in [0.2, 0.25) is 5.02 Å². The van der Waals surface area contributed by atoms with E-state index in [2.05, 4.69) is 4.99 Å². The monoisotopic (exact) mass is 554 g/mol. The summed E-state index contributed by atoms with van der Waals surface area (Å²) in [7, 11) is 0. The van der Waals surface area contributed by atoms with E-state index < -0.39 is 12.0 Å². The minimum Gasteiger partial charge on any atom is -0.463 e. The number of benzene rings is 3. The van der Waals surface area contributed by atoms with Gasteiger partial charge in [0, 0.05) is 16.7 Å². The van der Waals surface area contributed by atoms with Gasteiger partial charge in [0.05, 0.1) is 28.5 Å². The molecule has 3 heterocycles. The van der Waals surface area contributed by atoms with Crippen molar-refractivity contribution in [1.29, 1.82) is 0 Å². The first-order valence-corrected chi connectivity index (χ1v) is 13.7. The van der Waals surface area contributed by atoms with E-state index in [-0.39, 0.29) is 12.2 Å². The zero-order valence-corrected chi connectivity index (χ0v) is 22.8. The number of rotatable bonds is 5. The van der Waals surface area contributed by atoms with Crippen LogP contribution in [0.5, 0.6) is 0 Å². The highest BCUT2D eigenvalue weighted by Gasteiger charge is 2.34. The van der Waals surface area contributed by atoms with Crippen LogP contribution in [0, 0.1) is 0 Å². The van der Waals surface area contributed by atoms with Crippen LogP contribution in [-0.4, -0.2) is 17.1 Å². The van der Waals surface area contributed by atoms with Crippen molar-refractivity contribution in [1.82, 2.24) is 4.57 Å². The van der Waals surface area contributed by atoms with Crippen LogP contribution in [0.25, 0.3) is 28.2 Å². The summed E-state index contributed by atoms with van der Waals surface area (Å²) in [6.07, 6.45) is 1.72. The van der Waals surface area contributed by atoms with Crippen molar-refractivity contribution in [2.45, 2.75) is 19.9 Å². The molecule has 3 aromatic carbocycles. The molecule has 0 fully saturated rings. The fraction of sp³-hybridized carbons (Fsp3) is 0.129. The fourth-order valence-electron chi connectivity index (χ4n) is 4.90. The second kappa shape index (κ2) is 10.2. The standard InChI is InChI=1S/C31H23ClN2O4S/c1-3-37-30(36)27-18(2)33-31-34(28(27)24-10-6-8-19-7-4-5-9-23(19)24)29(35)26(39-31)17-22-15-16-25(38-22)20-11-13-21(32)14-12-20/h4-17,28H,3H2,1-2H3/b26-17-/t28-/m0/s1. The number of thiazole rings is 1. The number of carbonyl (C=O) groups is 1. The zero-order valence-electron chi connectivity index (χ0n) is 21.2. The van der Waals surface area contributed by atoms with Crippen molar-refractivity contribution < 1.29 is 13.9 Å². The van der Waals surface area contributed by atoms with Crippen LogP contribution in [0.3, 0.4) is 0 Å². The smallest absolute Gasteiger partial charge is 0.338 e. The van der Waals surface area contributed by atoms with E-state index in [4.69, 9.17) is 20.8 Å². The predicted molar refractivity (Wildman–Crippen MR) is 154 cm³/mol. The predicted octanol–water partition coefficient (Wildman–Crippen LogP) is 5.86. The Kier molecular flexibility index (Phi) is 6.54. The Morgan fingerprint density at radius 2 is 1.85 bits per heavy atom. The van der Waals surface area contributed by atoms with E-state index in [1.807, 2.05) is 66.7 Å². The molecule has 6 nitrogen and oxygen atoms in total. The summed E-state index contributed by atoms with van der Waals surface area (Å²) in [4.78, 5) is 32.3. The van der Waals surface area contributed by atoms with E-state index in [0.717, 1.165) is 21.9 Å². The van der Waals surface area contributed by atoms with E-state index in [1.54, 1.807) is 36.6 Å². The molecular weight excluding hydrogens is 532 g/mol. The number of carbonyl (C=O) groups excluding carboxylic acids is 1. The van der Waals surface area contributed by atoms with Crippen LogP contribution in [0.4, 0.5) is 0 Å². The molecule has 0 amide bonds. The Morgan fingerprint density at radius 1 is 1.08 bits per heavy atom. The number of fused-ring (bicyclic) bond motifs is 2. The average molecular weight is 555 g/mol. The van der Waals surface area contributed by atoms with Crippen LogP contribution in [0.1, 0.15) is 31.2 Å². The Balaban J connectivity index is 1.53. The SMILES string of the molecule is CCOC(=O)C1=C(C)N=c2s/c(=C\c3ccc(-c4ccc(Cl)cc4)o3)c(=O)n2[C@H]1c1cccc2ccccc12. The molecule has 0 aliphatic carbocycles. The Morgan fingerprint density at radius 3 is 2.64 bits per heavy atom. The first kappa shape index (κ1) is 25.1. The summed E-state index contributed by atoms with van der Waals surface area (Å²) in [6, 6.07) is 24.2. The number of halogens is 1. The van der Waals surface area contributed by atoms with Gasteiger partial charge < -0.3 is 9.15 Å². The Hall–Kier alpha value is -4.20. The maximum atomic E-state index is 13.9. The summed E-state index contributed by atoms with van der Waals surface area (Å²) in [5, 5.41) is 2.61. The van der Waals surface area contributed by atoms with Gasteiger partial charge in [-0.25, -0.2) is 9.79 Å². The third-order valence-electron chi connectivity index (χ3n) is 6.66. The zero-order chi connectivity index (χ0) is 27.1. The maximum absolute atomic E-state index is 13.9. The summed E-state index contributed by atoms with van der Waals surface area (Å²) in [5.41, 5.74) is 2.35. The fourth-order valence-corrected chi connectivity index (χ4v) is 6.06. The van der Waals surface area contributed by atoms with Crippen molar-refractivity contribution in [2.75, 3.05) is 6.61 Å². The second-order valence-corrected chi connectivity index (χ2v) is 10.5. The quantitative estimate of drug-likeness (QED) is 0.255. The average Bonchev–Trinajstić information content (AvgIpc) is 3.52. The van der Waals surface area contributed by atoms with Gasteiger partial charge in [-0.05, 0) is 66.6 Å². The molecule has 0 unspecified atom stereocenters. The maximum Gasteiger partial charge on any atom is 0.338 e. The van der Waals surface area contributed by atoms with Crippen LogP contribution >= 0.6 is 22.9 Å². The van der Waals surface area contributed by atoms with Crippen molar-refractivity contribution in [2.24, 2.45) is 4.99 Å². The molecule has 2 aromatic heterocycles. The number of allylic oxidation sites excluding steroid dienone is 1. The van der Waals surface area contributed by atoms with Crippen molar-refractivity contribution in [3.05, 3.63) is 126 Å². The third kappa shape index (κ3) is 4.54. The van der Waals surface area contributed by atoms with Crippen molar-refractivity contribution in [3.63, 3.8) is 0 Å². The molecule has 6 rings (SSSR count). The van der Waals surface area contributed by atoms with Crippen molar-refractivity contribution >= 4 is 45.8 Å². The lowest BCUT2D eigenvalue weighted by atomic mass is 9.91. The molecule has 0 saturated heterocycles. The molecule has 1 aliphatic heterocycles. The summed E-state index contributed by atoms with van der Waals surface area (Å²) in [5.74, 6) is 0.720. The lowest BCUT2D eigenvalue weighted by molar-refractivity contribution is -0.139. The van der Waals surface area contributed by atoms with Crippen LogP contribution < -0.4 is 14.9 Å². The highest BCUT2D eigenvalue weighted by molar-refractivity contribution is 7.07. The molecule has 8 heteroatoms. The molecule has 0 spiro atoms. The number of hydrogen-bond acceptors (Lipinski definition) is 6. The lowest BCUT2D eigenvalue weighted by Gasteiger charge is -2.25. The van der Waals surface area contributed by atoms with Gasteiger partial charge in [0.25, 0.3) is 5.56 Å². The molecule has 0 radical (unpaired) electrons. The Labute approximate surface area is 232 Å². The van der Waals surface area contributed by atoms with E-state index >= 15 is 0 Å². The number of furan rings is 1. The molecule has 5 aromatic rings. The largest absolute Gasteiger partial charge is 0.463 e. The Bertz CT molecular complexity index is 1940. The number of ether oxygens (including phenoxy) is 1. The third-order valence-corrected chi connectivity index (χ3v) is 7.90. The number of aromatic nitrogens is 1. The summed E-state index contributed by atoms with van der Waals surface area (Å²) >= 11 is 7.27. The van der Waals surface area contributed by atoms with Gasteiger partial charge in [-0.15, -0.1) is 0 Å². The lowest BCUT2D eigenvalue weighted by Crippen LogP contribution is -2.40. The van der Waals surface area contributed by atoms with E-state index in [1.165, 1.54) is 11.3 Å². The highest BCUT2D eigenvalue weighted by atomic mass is 35.5. The molecule has 1 atom stereocenters. The molecule has 0 N–H and O–H groups in total. The van der Waals surface area contributed by atoms with Gasteiger partial charge in [0.2, 0.25) is 0 Å². The highest BCUT2D eigenvalue weighted by Crippen LogP contribution is 2.35. The van der Waals surface area contributed by atoms with Crippen LogP contribution in [0.15, 0.2) is 104 Å². The van der Waals surface area contributed by atoms with Crippen molar-refractivity contribution in [3.8, 4) is 11.3 Å². The van der Waals surface area contributed by atoms with Gasteiger partial charge in [-0.1, -0.05) is 65.4 Å². The van der Waals surface area contributed by atoms with E-state index in [9.17, 15) is 9.59 Å². The number of hydrogen-bond donors (Lipinski definition) is 0. The molecule has 39 heavy (non-hydrogen) atoms. The van der Waals surface area contributed by atoms with Gasteiger partial charge in [-0.3, -0.25) is 9.36 Å². The normalized spacial score (nSPS) is 15.4. The van der Waals surface area contributed by atoms with Gasteiger partial charge in [0.1, 0.15) is 11.5 Å². The number of esters is 1. The summed E-state index contributed by atoms with van der Waals surface area (Å²) in [6.45, 7) is 3.76. The first-order valence-electron chi connectivity index (χ1n) is 12.5. The topological polar surface area (TPSA) is 73.8 Å². The first-order chi connectivity index (χ1) is 18.9. The van der Waals surface area contributed by atoms with Crippen LogP contribution in [-0.2, 0) is 9.53 Å². The number of nitrogens with zero attached hydrogens (tertiary/aromatic N) is 2. The molecule has 0 saturated carbocycles. The van der Waals surface area contributed by atoms with E-state index in [0.29, 0.717) is 37.1 Å². The minimum atomic E-state index is -0.685. The summed E-state index contributed by atoms with van der Waals surface area (Å²) < 4.78 is 13.5. The second-order valence-electron chi connectivity index (χ2n) is 9.08. The molecular formula is C31H23ClN2O4S. The minimum absolute atomic E-state index is 0.219.